The number of hydrogen-bond acceptors (Lipinski definition) is 6. The molecular weight excluding hydrogens is 404 g/mol. The van der Waals surface area contributed by atoms with Crippen LogP contribution in [-0.2, 0) is 0 Å². The molecule has 0 atom stereocenters. The molecule has 0 spiro atoms. The number of amides is 2. The molecule has 0 radical (unpaired) electrons. The quantitative estimate of drug-likeness (QED) is 0.287. The van der Waals surface area contributed by atoms with Crippen LogP contribution in [0.1, 0.15) is 0 Å². The summed E-state index contributed by atoms with van der Waals surface area (Å²) < 4.78 is 0. The normalized spacial score (nSPS) is 10.6. The molecule has 9 nitrogen and oxygen atoms in total. The number of para-hydroxylation sites is 1. The molecule has 0 fully saturated rings. The van der Waals surface area contributed by atoms with Gasteiger partial charge in [-0.05, 0) is 30.3 Å². The number of fused-ring (bicyclic) bond motifs is 1. The molecule has 0 aliphatic carbocycles. The number of anilines is 4. The summed E-state index contributed by atoms with van der Waals surface area (Å²) in [6, 6.07) is 16.3. The van der Waals surface area contributed by atoms with Crippen molar-refractivity contribution in [1.82, 2.24) is 25.5 Å². The van der Waals surface area contributed by atoms with Crippen molar-refractivity contribution in [2.75, 3.05) is 29.0 Å². The number of halogens is 1. The number of urea groups is 1. The number of rotatable bonds is 7. The van der Waals surface area contributed by atoms with Gasteiger partial charge < -0.3 is 21.3 Å². The summed E-state index contributed by atoms with van der Waals surface area (Å²) in [5.74, 6) is 1.17. The fourth-order valence-corrected chi connectivity index (χ4v) is 3.03. The van der Waals surface area contributed by atoms with Crippen LogP contribution in [0.4, 0.5) is 27.8 Å². The zero-order valence-electron chi connectivity index (χ0n) is 15.8. The fourth-order valence-electron chi connectivity index (χ4n) is 2.84. The van der Waals surface area contributed by atoms with E-state index in [1.807, 2.05) is 42.5 Å². The molecule has 0 saturated heterocycles. The van der Waals surface area contributed by atoms with E-state index < -0.39 is 0 Å². The second-order valence-corrected chi connectivity index (χ2v) is 6.76. The molecule has 30 heavy (non-hydrogen) atoms. The maximum Gasteiger partial charge on any atom is 0.319 e. The van der Waals surface area contributed by atoms with Crippen LogP contribution in [0.2, 0.25) is 5.02 Å². The first-order chi connectivity index (χ1) is 14.7. The highest BCUT2D eigenvalue weighted by molar-refractivity contribution is 6.30. The van der Waals surface area contributed by atoms with E-state index in [0.717, 1.165) is 11.4 Å². The standard InChI is InChI=1S/C20H19ClN8O/c21-13-5-4-8-15(11-13)26-17-16-18(28-29-19(16)25-12-24-17)22-9-10-23-20(30)27-14-6-2-1-3-7-14/h1-8,11-12H,9-10H2,(H2,23,27,30)(H3,22,24,25,26,28,29). The Morgan fingerprint density at radius 2 is 1.80 bits per heavy atom. The molecule has 0 bridgehead atoms. The van der Waals surface area contributed by atoms with E-state index in [2.05, 4.69) is 41.4 Å². The Labute approximate surface area is 177 Å². The van der Waals surface area contributed by atoms with Crippen molar-refractivity contribution in [3.8, 4) is 0 Å². The number of carbonyl (C=O) groups is 1. The highest BCUT2D eigenvalue weighted by atomic mass is 35.5. The molecule has 2 heterocycles. The summed E-state index contributed by atoms with van der Waals surface area (Å²) in [7, 11) is 0. The van der Waals surface area contributed by atoms with Crippen LogP contribution >= 0.6 is 11.6 Å². The van der Waals surface area contributed by atoms with Crippen LogP contribution in [-0.4, -0.2) is 39.3 Å². The Morgan fingerprint density at radius 3 is 2.63 bits per heavy atom. The lowest BCUT2D eigenvalue weighted by Crippen LogP contribution is -2.32. The third-order valence-electron chi connectivity index (χ3n) is 4.18. The first kappa shape index (κ1) is 19.5. The van der Waals surface area contributed by atoms with Gasteiger partial charge in [0.1, 0.15) is 17.5 Å². The molecule has 4 rings (SSSR count). The number of aromatic amines is 1. The molecule has 10 heteroatoms. The van der Waals surface area contributed by atoms with E-state index in [-0.39, 0.29) is 6.03 Å². The maximum atomic E-state index is 12.0. The number of aromatic nitrogens is 4. The topological polar surface area (TPSA) is 120 Å². The Kier molecular flexibility index (Phi) is 5.90. The van der Waals surface area contributed by atoms with Crippen molar-refractivity contribution in [3.63, 3.8) is 0 Å². The molecule has 2 aromatic heterocycles. The number of nitrogens with one attached hydrogen (secondary N) is 5. The Hall–Kier alpha value is -3.85. The minimum atomic E-state index is -0.276. The number of hydrogen-bond donors (Lipinski definition) is 5. The molecule has 0 aliphatic heterocycles. The van der Waals surface area contributed by atoms with Gasteiger partial charge in [-0.3, -0.25) is 5.10 Å². The first-order valence-corrected chi connectivity index (χ1v) is 9.62. The monoisotopic (exact) mass is 422 g/mol. The van der Waals surface area contributed by atoms with Crippen LogP contribution in [0.25, 0.3) is 11.0 Å². The lowest BCUT2D eigenvalue weighted by atomic mass is 10.3. The number of H-pyrrole nitrogens is 1. The first-order valence-electron chi connectivity index (χ1n) is 9.24. The van der Waals surface area contributed by atoms with Crippen LogP contribution < -0.4 is 21.3 Å². The zero-order valence-corrected chi connectivity index (χ0v) is 16.6. The summed E-state index contributed by atoms with van der Waals surface area (Å²) in [4.78, 5) is 20.5. The molecule has 4 aromatic rings. The summed E-state index contributed by atoms with van der Waals surface area (Å²) in [6.45, 7) is 0.866. The van der Waals surface area contributed by atoms with Gasteiger partial charge in [-0.1, -0.05) is 35.9 Å². The number of benzene rings is 2. The summed E-state index contributed by atoms with van der Waals surface area (Å²) in [6.07, 6.45) is 1.45. The van der Waals surface area contributed by atoms with Crippen LogP contribution in [0.3, 0.4) is 0 Å². The largest absolute Gasteiger partial charge is 0.366 e. The van der Waals surface area contributed by atoms with Gasteiger partial charge in [0.05, 0.1) is 0 Å². The van der Waals surface area contributed by atoms with Crippen molar-refractivity contribution in [1.29, 1.82) is 0 Å². The predicted molar refractivity (Wildman–Crippen MR) is 118 cm³/mol. The second-order valence-electron chi connectivity index (χ2n) is 6.33. The van der Waals surface area contributed by atoms with Crippen LogP contribution in [0, 0.1) is 0 Å². The van der Waals surface area contributed by atoms with Gasteiger partial charge in [-0.15, -0.1) is 0 Å². The predicted octanol–water partition coefficient (Wildman–Crippen LogP) is 3.98. The van der Waals surface area contributed by atoms with Crippen molar-refractivity contribution in [3.05, 3.63) is 65.9 Å². The molecule has 2 amide bonds. The van der Waals surface area contributed by atoms with Gasteiger partial charge in [0.25, 0.3) is 0 Å². The molecule has 0 unspecified atom stereocenters. The Bertz CT molecular complexity index is 1150. The third-order valence-corrected chi connectivity index (χ3v) is 4.41. The van der Waals surface area contributed by atoms with E-state index in [0.29, 0.717) is 40.8 Å². The van der Waals surface area contributed by atoms with Gasteiger partial charge in [-0.25, -0.2) is 14.8 Å². The van der Waals surface area contributed by atoms with E-state index in [4.69, 9.17) is 11.6 Å². The van der Waals surface area contributed by atoms with Crippen molar-refractivity contribution in [2.24, 2.45) is 0 Å². The Morgan fingerprint density at radius 1 is 0.967 bits per heavy atom. The lowest BCUT2D eigenvalue weighted by Gasteiger charge is -2.10. The smallest absolute Gasteiger partial charge is 0.319 e. The average molecular weight is 423 g/mol. The van der Waals surface area contributed by atoms with Crippen molar-refractivity contribution < 1.29 is 4.79 Å². The SMILES string of the molecule is O=C(NCCNc1n[nH]c2ncnc(Nc3cccc(Cl)c3)c12)Nc1ccccc1. The van der Waals surface area contributed by atoms with Crippen molar-refractivity contribution >= 4 is 51.7 Å². The van der Waals surface area contributed by atoms with Gasteiger partial charge in [0.15, 0.2) is 11.5 Å². The molecular formula is C20H19ClN8O. The summed E-state index contributed by atoms with van der Waals surface area (Å²) in [5.41, 5.74) is 2.12. The van der Waals surface area contributed by atoms with Crippen LogP contribution in [0.15, 0.2) is 60.9 Å². The lowest BCUT2D eigenvalue weighted by molar-refractivity contribution is 0.252. The minimum absolute atomic E-state index is 0.276. The molecule has 152 valence electrons. The van der Waals surface area contributed by atoms with Gasteiger partial charge in [-0.2, -0.15) is 5.10 Å². The fraction of sp³-hybridized carbons (Fsp3) is 0.100. The highest BCUT2D eigenvalue weighted by Crippen LogP contribution is 2.28. The molecule has 0 aliphatic rings. The number of nitrogens with zero attached hydrogens (tertiary/aromatic N) is 3. The van der Waals surface area contributed by atoms with Crippen molar-refractivity contribution in [2.45, 2.75) is 0 Å². The summed E-state index contributed by atoms with van der Waals surface area (Å²) >= 11 is 6.06. The molecule has 2 aromatic carbocycles. The summed E-state index contributed by atoms with van der Waals surface area (Å²) in [5, 5.41) is 20.5. The average Bonchev–Trinajstić information content (AvgIpc) is 3.16. The van der Waals surface area contributed by atoms with Gasteiger partial charge in [0.2, 0.25) is 0 Å². The van der Waals surface area contributed by atoms with Gasteiger partial charge in [0, 0.05) is 29.5 Å². The van der Waals surface area contributed by atoms with Crippen LogP contribution in [0.5, 0.6) is 0 Å². The molecule has 5 N–H and O–H groups in total. The second kappa shape index (κ2) is 9.10. The Balaban J connectivity index is 1.38. The zero-order chi connectivity index (χ0) is 20.8. The minimum Gasteiger partial charge on any atom is -0.366 e. The van der Waals surface area contributed by atoms with Gasteiger partial charge >= 0.3 is 6.03 Å². The van der Waals surface area contributed by atoms with E-state index >= 15 is 0 Å². The third kappa shape index (κ3) is 4.76. The maximum absolute atomic E-state index is 12.0. The van der Waals surface area contributed by atoms with E-state index in [1.54, 1.807) is 12.1 Å². The van der Waals surface area contributed by atoms with E-state index in [1.165, 1.54) is 6.33 Å². The highest BCUT2D eigenvalue weighted by Gasteiger charge is 2.13. The van der Waals surface area contributed by atoms with E-state index in [9.17, 15) is 4.79 Å². The molecule has 0 saturated carbocycles. The number of carbonyl (C=O) groups excluding carboxylic acids is 1.